The number of hydrogen-bond acceptors (Lipinski definition) is 3. The third-order valence-corrected chi connectivity index (χ3v) is 6.93. The fourth-order valence-corrected chi connectivity index (χ4v) is 5.74. The lowest BCUT2D eigenvalue weighted by molar-refractivity contribution is -0.326. The SMILES string of the molecule is CC12CC3(C(=O)Nc4nccs4)[C@@H]1CC[C@@]23C. The van der Waals surface area contributed by atoms with Crippen LogP contribution in [0.1, 0.15) is 33.1 Å². The van der Waals surface area contributed by atoms with E-state index in [0.29, 0.717) is 11.3 Å². The van der Waals surface area contributed by atoms with Gasteiger partial charge >= 0.3 is 0 Å². The van der Waals surface area contributed by atoms with Gasteiger partial charge in [-0.15, -0.1) is 11.3 Å². The summed E-state index contributed by atoms with van der Waals surface area (Å²) >= 11 is 1.50. The molecular weight excluding hydrogens is 232 g/mol. The molecule has 2 unspecified atom stereocenters. The van der Waals surface area contributed by atoms with E-state index in [1.165, 1.54) is 24.2 Å². The molecule has 0 radical (unpaired) electrons. The van der Waals surface area contributed by atoms with Crippen LogP contribution in [-0.2, 0) is 4.79 Å². The van der Waals surface area contributed by atoms with Crippen LogP contribution >= 0.6 is 11.3 Å². The molecule has 17 heavy (non-hydrogen) atoms. The van der Waals surface area contributed by atoms with Gasteiger partial charge in [-0.3, -0.25) is 4.79 Å². The molecule has 4 heteroatoms. The van der Waals surface area contributed by atoms with Crippen LogP contribution < -0.4 is 5.32 Å². The molecule has 1 aromatic heterocycles. The Hall–Kier alpha value is -0.900. The molecule has 0 aliphatic heterocycles. The summed E-state index contributed by atoms with van der Waals surface area (Å²) in [5.74, 6) is 0.848. The molecule has 0 saturated heterocycles. The number of fused-ring (bicyclic) bond motifs is 1. The van der Waals surface area contributed by atoms with Gasteiger partial charge in [0.05, 0.1) is 5.41 Å². The van der Waals surface area contributed by atoms with Crippen molar-refractivity contribution in [3.63, 3.8) is 0 Å². The first-order valence-electron chi connectivity index (χ1n) is 6.26. The van der Waals surface area contributed by atoms with E-state index in [0.717, 1.165) is 11.6 Å². The molecule has 4 bridgehead atoms. The number of hydrogen-bond donors (Lipinski definition) is 1. The Morgan fingerprint density at radius 1 is 1.59 bits per heavy atom. The molecule has 0 spiro atoms. The zero-order chi connectivity index (χ0) is 11.9. The van der Waals surface area contributed by atoms with Crippen LogP contribution in [0.4, 0.5) is 5.13 Å². The van der Waals surface area contributed by atoms with Gasteiger partial charge in [0, 0.05) is 11.6 Å². The fourth-order valence-electron chi connectivity index (χ4n) is 5.21. The Labute approximate surface area is 105 Å². The average Bonchev–Trinajstić information content (AvgIpc) is 2.90. The zero-order valence-electron chi connectivity index (χ0n) is 10.1. The van der Waals surface area contributed by atoms with Crippen molar-refractivity contribution in [2.45, 2.75) is 33.1 Å². The zero-order valence-corrected chi connectivity index (χ0v) is 10.9. The van der Waals surface area contributed by atoms with E-state index < -0.39 is 0 Å². The average molecular weight is 248 g/mol. The second kappa shape index (κ2) is 2.58. The molecule has 1 N–H and O–H groups in total. The number of nitrogens with zero attached hydrogens (tertiary/aromatic N) is 1. The maximum absolute atomic E-state index is 12.5. The standard InChI is InChI=1S/C13H16N2OS/c1-11-7-13(8(11)3-4-12(11,13)2)9(16)15-10-14-5-6-17-10/h5-6,8H,3-4,7H2,1-2H3,(H,14,15,16)/t8-,11?,12+,13?/m1/s1. The van der Waals surface area contributed by atoms with Crippen molar-refractivity contribution in [3.8, 4) is 0 Å². The molecule has 1 amide bonds. The van der Waals surface area contributed by atoms with E-state index in [1.54, 1.807) is 6.20 Å². The van der Waals surface area contributed by atoms with Gasteiger partial charge in [0.2, 0.25) is 5.91 Å². The van der Waals surface area contributed by atoms with Crippen LogP contribution in [0.25, 0.3) is 0 Å². The number of carbonyl (C=O) groups excluding carboxylic acids is 1. The first-order valence-corrected chi connectivity index (χ1v) is 7.14. The third-order valence-electron chi connectivity index (χ3n) is 6.25. The minimum Gasteiger partial charge on any atom is -0.301 e. The Bertz CT molecular complexity index is 513. The Kier molecular flexibility index (Phi) is 1.53. The van der Waals surface area contributed by atoms with Gasteiger partial charge in [-0.25, -0.2) is 4.98 Å². The largest absolute Gasteiger partial charge is 0.301 e. The van der Waals surface area contributed by atoms with E-state index in [-0.39, 0.29) is 16.7 Å². The number of aromatic nitrogens is 1. The molecule has 0 aromatic carbocycles. The quantitative estimate of drug-likeness (QED) is 0.874. The fraction of sp³-hybridized carbons (Fsp3) is 0.692. The topological polar surface area (TPSA) is 42.0 Å². The van der Waals surface area contributed by atoms with Crippen molar-refractivity contribution in [3.05, 3.63) is 11.6 Å². The predicted molar refractivity (Wildman–Crippen MR) is 66.7 cm³/mol. The highest BCUT2D eigenvalue weighted by Crippen LogP contribution is 2.93. The van der Waals surface area contributed by atoms with Gasteiger partial charge in [0.1, 0.15) is 0 Å². The number of anilines is 1. The van der Waals surface area contributed by atoms with E-state index >= 15 is 0 Å². The van der Waals surface area contributed by atoms with E-state index in [4.69, 9.17) is 0 Å². The number of rotatable bonds is 2. The van der Waals surface area contributed by atoms with Crippen LogP contribution in [0.3, 0.4) is 0 Å². The maximum atomic E-state index is 12.5. The second-order valence-electron chi connectivity index (χ2n) is 6.28. The molecule has 1 aromatic rings. The number of carbonyl (C=O) groups is 1. The van der Waals surface area contributed by atoms with Crippen LogP contribution in [-0.4, -0.2) is 10.9 Å². The predicted octanol–water partition coefficient (Wildman–Crippen LogP) is 2.91. The third kappa shape index (κ3) is 0.768. The summed E-state index contributed by atoms with van der Waals surface area (Å²) < 4.78 is 0. The van der Waals surface area contributed by atoms with Crippen LogP contribution in [0, 0.1) is 22.2 Å². The smallest absolute Gasteiger partial charge is 0.233 e. The van der Waals surface area contributed by atoms with Crippen molar-refractivity contribution in [1.82, 2.24) is 4.98 Å². The highest BCUT2D eigenvalue weighted by atomic mass is 32.1. The summed E-state index contributed by atoms with van der Waals surface area (Å²) in [5.41, 5.74) is 0.645. The second-order valence-corrected chi connectivity index (χ2v) is 7.17. The van der Waals surface area contributed by atoms with Gasteiger partial charge < -0.3 is 5.32 Å². The lowest BCUT2D eigenvalue weighted by atomic mass is 9.21. The minimum absolute atomic E-state index is 0.0621. The molecule has 5 aliphatic rings. The lowest BCUT2D eigenvalue weighted by Crippen LogP contribution is -2.81. The summed E-state index contributed by atoms with van der Waals surface area (Å²) in [6.45, 7) is 4.67. The molecule has 1 heterocycles. The summed E-state index contributed by atoms with van der Waals surface area (Å²) in [5, 5.41) is 5.66. The first-order chi connectivity index (χ1) is 8.05. The normalized spacial score (nSPS) is 49.4. The Balaban J connectivity index is 1.64. The van der Waals surface area contributed by atoms with E-state index in [1.807, 2.05) is 5.38 Å². The highest BCUT2D eigenvalue weighted by Gasteiger charge is 2.91. The molecule has 5 fully saturated rings. The summed E-state index contributed by atoms with van der Waals surface area (Å²) in [4.78, 5) is 16.7. The summed E-state index contributed by atoms with van der Waals surface area (Å²) in [6, 6.07) is 0. The highest BCUT2D eigenvalue weighted by molar-refractivity contribution is 7.13. The van der Waals surface area contributed by atoms with Gasteiger partial charge in [-0.2, -0.15) is 0 Å². The van der Waals surface area contributed by atoms with Crippen LogP contribution in [0.15, 0.2) is 11.6 Å². The Morgan fingerprint density at radius 2 is 2.41 bits per heavy atom. The lowest BCUT2D eigenvalue weighted by Gasteiger charge is -2.81. The summed E-state index contributed by atoms with van der Waals surface area (Å²) in [7, 11) is 0. The van der Waals surface area contributed by atoms with Crippen LogP contribution in [0.2, 0.25) is 0 Å². The minimum atomic E-state index is -0.0621. The van der Waals surface area contributed by atoms with Crippen molar-refractivity contribution >= 4 is 22.4 Å². The van der Waals surface area contributed by atoms with Gasteiger partial charge in [-0.05, 0) is 36.0 Å². The van der Waals surface area contributed by atoms with Crippen molar-refractivity contribution in [2.75, 3.05) is 5.32 Å². The molecule has 90 valence electrons. The first kappa shape index (κ1) is 10.1. The monoisotopic (exact) mass is 248 g/mol. The molecular formula is C13H16N2OS. The number of nitrogens with one attached hydrogen (secondary N) is 1. The van der Waals surface area contributed by atoms with Gasteiger partial charge in [-0.1, -0.05) is 13.8 Å². The van der Waals surface area contributed by atoms with Crippen LogP contribution in [0.5, 0.6) is 0 Å². The molecule has 3 nitrogen and oxygen atoms in total. The van der Waals surface area contributed by atoms with Crippen molar-refractivity contribution in [1.29, 1.82) is 0 Å². The van der Waals surface area contributed by atoms with Crippen molar-refractivity contribution in [2.24, 2.45) is 22.2 Å². The molecule has 4 atom stereocenters. The maximum Gasteiger partial charge on any atom is 0.233 e. The number of thiazole rings is 1. The van der Waals surface area contributed by atoms with Crippen molar-refractivity contribution < 1.29 is 4.79 Å². The van der Waals surface area contributed by atoms with Gasteiger partial charge in [0.25, 0.3) is 0 Å². The Morgan fingerprint density at radius 3 is 2.94 bits per heavy atom. The summed E-state index contributed by atoms with van der Waals surface area (Å²) in [6.07, 6.45) is 5.27. The molecule has 5 aliphatic carbocycles. The number of amides is 1. The van der Waals surface area contributed by atoms with Gasteiger partial charge in [0.15, 0.2) is 5.13 Å². The molecule has 5 saturated carbocycles. The molecule has 6 rings (SSSR count). The van der Waals surface area contributed by atoms with E-state index in [9.17, 15) is 4.79 Å². The van der Waals surface area contributed by atoms with E-state index in [2.05, 4.69) is 24.1 Å².